The van der Waals surface area contributed by atoms with Crippen molar-refractivity contribution in [1.29, 1.82) is 0 Å². The fourth-order valence-electron chi connectivity index (χ4n) is 5.64. The van der Waals surface area contributed by atoms with E-state index < -0.39 is 5.82 Å². The number of anilines is 2. The number of piperazine rings is 1. The quantitative estimate of drug-likeness (QED) is 0.269. The number of aromatic nitrogens is 3. The van der Waals surface area contributed by atoms with Gasteiger partial charge in [-0.15, -0.1) is 0 Å². The molecule has 2 aliphatic heterocycles. The molecular formula is C31H33ClFN7O5. The molecule has 2 aromatic heterocycles. The van der Waals surface area contributed by atoms with Crippen molar-refractivity contribution in [3.05, 3.63) is 70.9 Å². The second kappa shape index (κ2) is 13.9. The molecule has 2 fully saturated rings. The maximum absolute atomic E-state index is 14.6. The van der Waals surface area contributed by atoms with Crippen LogP contribution in [0.25, 0.3) is 16.9 Å². The average molecular weight is 638 g/mol. The number of aryl methyl sites for hydroxylation is 1. The third kappa shape index (κ3) is 6.54. The van der Waals surface area contributed by atoms with Gasteiger partial charge in [0, 0.05) is 61.9 Å². The number of nitrogens with zero attached hydrogens (tertiary/aromatic N) is 5. The van der Waals surface area contributed by atoms with Crippen LogP contribution in [0.1, 0.15) is 22.3 Å². The van der Waals surface area contributed by atoms with Crippen LogP contribution in [0.4, 0.5) is 15.9 Å². The molecule has 0 unspecified atom stereocenters. The lowest BCUT2D eigenvalue weighted by Gasteiger charge is -2.36. The van der Waals surface area contributed by atoms with Crippen molar-refractivity contribution in [2.45, 2.75) is 13.3 Å². The summed E-state index contributed by atoms with van der Waals surface area (Å²) in [6.45, 7) is 5.40. The molecule has 4 aromatic rings. The predicted octanol–water partition coefficient (Wildman–Crippen LogP) is 3.84. The molecule has 2 aliphatic rings. The van der Waals surface area contributed by atoms with Gasteiger partial charge in [-0.05, 0) is 55.8 Å². The molecule has 2 aromatic carbocycles. The lowest BCUT2D eigenvalue weighted by Crippen LogP contribution is -2.52. The Morgan fingerprint density at radius 3 is 2.56 bits per heavy atom. The molecule has 45 heavy (non-hydrogen) atoms. The highest BCUT2D eigenvalue weighted by atomic mass is 35.5. The van der Waals surface area contributed by atoms with Crippen LogP contribution in [-0.4, -0.2) is 93.9 Å². The van der Waals surface area contributed by atoms with Crippen molar-refractivity contribution >= 4 is 47.0 Å². The van der Waals surface area contributed by atoms with Gasteiger partial charge in [0.25, 0.3) is 12.4 Å². The zero-order valence-corrected chi connectivity index (χ0v) is 25.6. The molecular weight excluding hydrogens is 605 g/mol. The number of nitrogens with one attached hydrogen (secondary N) is 2. The minimum absolute atomic E-state index is 0.0459. The summed E-state index contributed by atoms with van der Waals surface area (Å²) in [5.41, 5.74) is 3.77. The Morgan fingerprint density at radius 1 is 1.16 bits per heavy atom. The van der Waals surface area contributed by atoms with E-state index in [-0.39, 0.29) is 35.0 Å². The van der Waals surface area contributed by atoms with Gasteiger partial charge in [0.05, 0.1) is 29.9 Å². The van der Waals surface area contributed by atoms with E-state index in [9.17, 15) is 14.0 Å². The van der Waals surface area contributed by atoms with Crippen molar-refractivity contribution in [1.82, 2.24) is 29.5 Å². The predicted molar refractivity (Wildman–Crippen MR) is 167 cm³/mol. The second-order valence-corrected chi connectivity index (χ2v) is 11.0. The first-order valence-corrected chi connectivity index (χ1v) is 14.7. The molecule has 4 heterocycles. The van der Waals surface area contributed by atoms with Gasteiger partial charge in [0.15, 0.2) is 23.0 Å². The summed E-state index contributed by atoms with van der Waals surface area (Å²) in [7, 11) is 1.39. The van der Waals surface area contributed by atoms with Crippen molar-refractivity contribution in [3.8, 4) is 17.0 Å². The zero-order valence-electron chi connectivity index (χ0n) is 24.8. The minimum Gasteiger partial charge on any atom is -0.494 e. The molecule has 0 spiro atoms. The summed E-state index contributed by atoms with van der Waals surface area (Å²) in [6, 6.07) is 8.74. The Morgan fingerprint density at radius 2 is 1.89 bits per heavy atom. The number of amides is 2. The van der Waals surface area contributed by atoms with Crippen LogP contribution in [0.3, 0.4) is 0 Å². The lowest BCUT2D eigenvalue weighted by atomic mass is 10.0. The number of carbonyl (C=O) groups is 3. The normalized spacial score (nSPS) is 16.2. The Labute approximate surface area is 263 Å². The monoisotopic (exact) mass is 637 g/mol. The molecule has 2 amide bonds. The van der Waals surface area contributed by atoms with Crippen LogP contribution in [0.15, 0.2) is 48.9 Å². The molecule has 12 nitrogen and oxygen atoms in total. The van der Waals surface area contributed by atoms with E-state index in [2.05, 4.69) is 20.6 Å². The summed E-state index contributed by atoms with van der Waals surface area (Å²) in [5, 5.41) is 13.4. The molecule has 0 saturated carbocycles. The van der Waals surface area contributed by atoms with Gasteiger partial charge in [0.2, 0.25) is 5.91 Å². The van der Waals surface area contributed by atoms with Crippen LogP contribution in [0.2, 0.25) is 5.02 Å². The number of benzene rings is 2. The number of imidazole rings is 1. The van der Waals surface area contributed by atoms with Crippen molar-refractivity contribution in [2.75, 3.05) is 51.7 Å². The summed E-state index contributed by atoms with van der Waals surface area (Å²) < 4.78 is 21.4. The van der Waals surface area contributed by atoms with Crippen LogP contribution in [0.5, 0.6) is 5.75 Å². The van der Waals surface area contributed by atoms with Crippen LogP contribution < -0.4 is 15.4 Å². The smallest absolute Gasteiger partial charge is 0.290 e. The number of carboxylic acid groups (broad SMARTS) is 1. The Bertz CT molecular complexity index is 1720. The maximum atomic E-state index is 14.6. The molecule has 14 heteroatoms. The Balaban J connectivity index is 0.00000128. The average Bonchev–Trinajstić information content (AvgIpc) is 3.74. The number of rotatable bonds is 6. The van der Waals surface area contributed by atoms with Gasteiger partial charge >= 0.3 is 0 Å². The van der Waals surface area contributed by atoms with Gasteiger partial charge in [0.1, 0.15) is 0 Å². The van der Waals surface area contributed by atoms with Gasteiger partial charge in [-0.3, -0.25) is 18.8 Å². The van der Waals surface area contributed by atoms with E-state index in [0.29, 0.717) is 54.5 Å². The third-order valence-electron chi connectivity index (χ3n) is 7.98. The highest BCUT2D eigenvalue weighted by molar-refractivity contribution is 6.33. The Hall–Kier alpha value is -4.75. The van der Waals surface area contributed by atoms with Crippen molar-refractivity contribution in [3.63, 3.8) is 0 Å². The molecule has 2 saturated heterocycles. The number of carbonyl (C=O) groups excluding carboxylic acids is 2. The Kier molecular flexibility index (Phi) is 9.79. The highest BCUT2D eigenvalue weighted by Crippen LogP contribution is 2.35. The van der Waals surface area contributed by atoms with Gasteiger partial charge in [-0.25, -0.2) is 14.4 Å². The standard InChI is InChI=1S/C30H31ClFN7O3.CH2O2/c1-18-15-20(3-4-21(18)30(41)38-13-11-37(12-14-38)29(40)19-7-8-33-16-19)36-27-28-35-17-23(39(28)10-9-34-27)22-5-6-24(42-2)26(32)25(22)31;2-1-3/h3-6,9-10,15,17,19,33H,7-8,11-14,16H2,1-2H3,(H,34,36);1H,(H,2,3)/t19-;/m0./s1. The largest absolute Gasteiger partial charge is 0.494 e. The van der Waals surface area contributed by atoms with E-state index in [4.69, 9.17) is 26.2 Å². The topological polar surface area (TPSA) is 141 Å². The second-order valence-electron chi connectivity index (χ2n) is 10.6. The first-order chi connectivity index (χ1) is 21.8. The minimum atomic E-state index is -0.638. The van der Waals surface area contributed by atoms with E-state index in [1.165, 1.54) is 13.2 Å². The fourth-order valence-corrected chi connectivity index (χ4v) is 5.89. The van der Waals surface area contributed by atoms with Gasteiger partial charge < -0.3 is 30.3 Å². The maximum Gasteiger partial charge on any atom is 0.290 e. The molecule has 0 aliphatic carbocycles. The van der Waals surface area contributed by atoms with Crippen LogP contribution in [0, 0.1) is 18.7 Å². The number of fused-ring (bicyclic) bond motifs is 1. The van der Waals surface area contributed by atoms with E-state index >= 15 is 0 Å². The van der Waals surface area contributed by atoms with Gasteiger partial charge in [-0.2, -0.15) is 0 Å². The van der Waals surface area contributed by atoms with E-state index in [1.54, 1.807) is 35.1 Å². The summed E-state index contributed by atoms with van der Waals surface area (Å²) in [5.74, 6) is 0.105. The van der Waals surface area contributed by atoms with Crippen molar-refractivity contribution in [2.24, 2.45) is 5.92 Å². The van der Waals surface area contributed by atoms with E-state index in [0.717, 1.165) is 30.8 Å². The molecule has 0 bridgehead atoms. The summed E-state index contributed by atoms with van der Waals surface area (Å²) in [6.07, 6.45) is 5.83. The summed E-state index contributed by atoms with van der Waals surface area (Å²) in [4.78, 5) is 47.1. The van der Waals surface area contributed by atoms with E-state index in [1.807, 2.05) is 28.9 Å². The number of hydrogen-bond donors (Lipinski definition) is 3. The molecule has 6 rings (SSSR count). The number of ether oxygens (including phenoxy) is 1. The first kappa shape index (κ1) is 31.7. The number of halogens is 2. The highest BCUT2D eigenvalue weighted by Gasteiger charge is 2.31. The van der Waals surface area contributed by atoms with Crippen LogP contribution >= 0.6 is 11.6 Å². The third-order valence-corrected chi connectivity index (χ3v) is 8.35. The molecule has 236 valence electrons. The van der Waals surface area contributed by atoms with Crippen LogP contribution in [-0.2, 0) is 9.59 Å². The fraction of sp³-hybridized carbons (Fsp3) is 0.323. The molecule has 3 N–H and O–H groups in total. The number of methoxy groups -OCH3 is 1. The lowest BCUT2D eigenvalue weighted by molar-refractivity contribution is -0.136. The number of hydrogen-bond acceptors (Lipinski definition) is 8. The SMILES string of the molecule is COc1ccc(-c2cnc3c(Nc4ccc(C(=O)N5CCN(C(=O)[C@H]6CCNC6)CC5)c(C)c4)nccn23)c(Cl)c1F.O=CO. The molecule has 0 radical (unpaired) electrons. The first-order valence-electron chi connectivity index (χ1n) is 14.4. The van der Waals surface area contributed by atoms with Crippen molar-refractivity contribution < 1.29 is 28.6 Å². The molecule has 1 atom stereocenters. The summed E-state index contributed by atoms with van der Waals surface area (Å²) >= 11 is 6.32. The zero-order chi connectivity index (χ0) is 32.1. The van der Waals surface area contributed by atoms with Gasteiger partial charge in [-0.1, -0.05) is 11.6 Å².